The molecule has 24 heavy (non-hydrogen) atoms. The predicted octanol–water partition coefficient (Wildman–Crippen LogP) is 2.98. The molecule has 5 nitrogen and oxygen atoms in total. The standard InChI is InChI=1S/C18H14ClN3O2/c19-17-12(10-4-5-11(9-20)15(21)8-10)2-1-3-13(17)14-6-7-16(23)22-18(14)24/h1-5,8,14H,6-7,21H2,(H,22,23,24). The lowest BCUT2D eigenvalue weighted by Crippen LogP contribution is -2.39. The summed E-state index contributed by atoms with van der Waals surface area (Å²) < 4.78 is 0. The molecule has 0 aromatic heterocycles. The van der Waals surface area contributed by atoms with Gasteiger partial charge in [-0.3, -0.25) is 14.9 Å². The highest BCUT2D eigenvalue weighted by molar-refractivity contribution is 6.34. The Hall–Kier alpha value is -2.84. The Morgan fingerprint density at radius 2 is 2.04 bits per heavy atom. The third-order valence-electron chi connectivity index (χ3n) is 4.13. The SMILES string of the molecule is N#Cc1ccc(-c2cccc(C3CCC(=O)NC3=O)c2Cl)cc1N. The number of hydrogen-bond acceptors (Lipinski definition) is 4. The van der Waals surface area contributed by atoms with Crippen molar-refractivity contribution in [1.82, 2.24) is 5.32 Å². The molecule has 1 heterocycles. The number of nitrogens with two attached hydrogens (primary N) is 1. The van der Waals surface area contributed by atoms with Crippen LogP contribution in [0, 0.1) is 11.3 Å². The molecule has 3 N–H and O–H groups in total. The van der Waals surface area contributed by atoms with E-state index in [2.05, 4.69) is 5.32 Å². The molecule has 1 aliphatic heterocycles. The average molecular weight is 340 g/mol. The normalized spacial score (nSPS) is 17.2. The first-order valence-corrected chi connectivity index (χ1v) is 7.81. The molecule has 120 valence electrons. The summed E-state index contributed by atoms with van der Waals surface area (Å²) in [6.07, 6.45) is 0.726. The van der Waals surface area contributed by atoms with Crippen LogP contribution in [-0.2, 0) is 9.59 Å². The van der Waals surface area contributed by atoms with Crippen LogP contribution >= 0.6 is 11.6 Å². The van der Waals surface area contributed by atoms with Gasteiger partial charge in [0.15, 0.2) is 0 Å². The predicted molar refractivity (Wildman–Crippen MR) is 91.1 cm³/mol. The van der Waals surface area contributed by atoms with Gasteiger partial charge in [-0.05, 0) is 29.7 Å². The van der Waals surface area contributed by atoms with Gasteiger partial charge in [0.25, 0.3) is 0 Å². The van der Waals surface area contributed by atoms with E-state index in [0.29, 0.717) is 34.7 Å². The number of nitrogens with one attached hydrogen (secondary N) is 1. The summed E-state index contributed by atoms with van der Waals surface area (Å²) in [5, 5.41) is 11.8. The molecule has 1 aliphatic rings. The zero-order valence-electron chi connectivity index (χ0n) is 12.7. The summed E-state index contributed by atoms with van der Waals surface area (Å²) in [6, 6.07) is 12.6. The number of carbonyl (C=O) groups excluding carboxylic acids is 2. The minimum absolute atomic E-state index is 0.261. The smallest absolute Gasteiger partial charge is 0.234 e. The Bertz CT molecular complexity index is 886. The van der Waals surface area contributed by atoms with E-state index in [1.54, 1.807) is 24.3 Å². The number of nitrogens with zero attached hydrogens (tertiary/aromatic N) is 1. The minimum Gasteiger partial charge on any atom is -0.398 e. The van der Waals surface area contributed by atoms with Crippen molar-refractivity contribution in [3.8, 4) is 17.2 Å². The number of carbonyl (C=O) groups is 2. The van der Waals surface area contributed by atoms with Crippen LogP contribution in [0.4, 0.5) is 5.69 Å². The Balaban J connectivity index is 2.03. The van der Waals surface area contributed by atoms with Gasteiger partial charge in [0.1, 0.15) is 6.07 Å². The van der Waals surface area contributed by atoms with Crippen LogP contribution < -0.4 is 11.1 Å². The molecule has 6 heteroatoms. The van der Waals surface area contributed by atoms with E-state index in [1.807, 2.05) is 18.2 Å². The van der Waals surface area contributed by atoms with Crippen molar-refractivity contribution < 1.29 is 9.59 Å². The molecular weight excluding hydrogens is 326 g/mol. The fourth-order valence-corrected chi connectivity index (χ4v) is 3.23. The summed E-state index contributed by atoms with van der Waals surface area (Å²) in [6.45, 7) is 0. The van der Waals surface area contributed by atoms with E-state index < -0.39 is 5.92 Å². The fourth-order valence-electron chi connectivity index (χ4n) is 2.86. The molecule has 0 aliphatic carbocycles. The first kappa shape index (κ1) is 16.0. The molecule has 1 saturated heterocycles. The van der Waals surface area contributed by atoms with Gasteiger partial charge in [0.2, 0.25) is 11.8 Å². The Kier molecular flexibility index (Phi) is 4.24. The van der Waals surface area contributed by atoms with Crippen LogP contribution in [0.1, 0.15) is 29.9 Å². The second-order valence-electron chi connectivity index (χ2n) is 5.63. The van der Waals surface area contributed by atoms with E-state index >= 15 is 0 Å². The number of hydrogen-bond donors (Lipinski definition) is 2. The van der Waals surface area contributed by atoms with Crippen molar-refractivity contribution in [2.24, 2.45) is 0 Å². The number of rotatable bonds is 2. The van der Waals surface area contributed by atoms with E-state index in [0.717, 1.165) is 11.1 Å². The van der Waals surface area contributed by atoms with Gasteiger partial charge in [0.05, 0.1) is 22.2 Å². The number of piperidine rings is 1. The average Bonchev–Trinajstić information content (AvgIpc) is 2.55. The lowest BCUT2D eigenvalue weighted by Gasteiger charge is -2.23. The van der Waals surface area contributed by atoms with Crippen LogP contribution in [0.15, 0.2) is 36.4 Å². The Labute approximate surface area is 144 Å². The van der Waals surface area contributed by atoms with Crippen LogP contribution in [0.5, 0.6) is 0 Å². The quantitative estimate of drug-likeness (QED) is 0.649. The van der Waals surface area contributed by atoms with E-state index in [-0.39, 0.29) is 11.8 Å². The summed E-state index contributed by atoms with van der Waals surface area (Å²) in [5.41, 5.74) is 8.83. The maximum atomic E-state index is 12.1. The second-order valence-corrected chi connectivity index (χ2v) is 6.00. The molecule has 3 rings (SSSR count). The third-order valence-corrected chi connectivity index (χ3v) is 4.55. The monoisotopic (exact) mass is 339 g/mol. The van der Waals surface area contributed by atoms with Gasteiger partial charge in [-0.2, -0.15) is 5.26 Å². The summed E-state index contributed by atoms with van der Waals surface area (Å²) in [7, 11) is 0. The number of imide groups is 1. The largest absolute Gasteiger partial charge is 0.398 e. The first-order valence-electron chi connectivity index (χ1n) is 7.43. The highest BCUT2D eigenvalue weighted by atomic mass is 35.5. The van der Waals surface area contributed by atoms with Crippen LogP contribution in [0.3, 0.4) is 0 Å². The summed E-state index contributed by atoms with van der Waals surface area (Å²) in [5.74, 6) is -1.04. The highest BCUT2D eigenvalue weighted by Crippen LogP contribution is 2.37. The topological polar surface area (TPSA) is 96.0 Å². The molecule has 1 fully saturated rings. The number of nitrogen functional groups attached to an aromatic ring is 1. The minimum atomic E-state index is -0.453. The van der Waals surface area contributed by atoms with Gasteiger partial charge in [-0.15, -0.1) is 0 Å². The maximum absolute atomic E-state index is 12.1. The number of halogens is 1. The van der Waals surface area contributed by atoms with Crippen molar-refractivity contribution in [1.29, 1.82) is 5.26 Å². The lowest BCUT2D eigenvalue weighted by atomic mass is 9.88. The molecule has 1 unspecified atom stereocenters. The number of anilines is 1. The van der Waals surface area contributed by atoms with Gasteiger partial charge >= 0.3 is 0 Å². The zero-order chi connectivity index (χ0) is 17.3. The van der Waals surface area contributed by atoms with Crippen LogP contribution in [0.2, 0.25) is 5.02 Å². The van der Waals surface area contributed by atoms with E-state index in [4.69, 9.17) is 22.6 Å². The van der Waals surface area contributed by atoms with Crippen LogP contribution in [0.25, 0.3) is 11.1 Å². The molecule has 2 aromatic carbocycles. The van der Waals surface area contributed by atoms with Gasteiger partial charge in [-0.25, -0.2) is 0 Å². The molecule has 2 aromatic rings. The fraction of sp³-hybridized carbons (Fsp3) is 0.167. The van der Waals surface area contributed by atoms with Crippen molar-refractivity contribution in [3.05, 3.63) is 52.5 Å². The van der Waals surface area contributed by atoms with E-state index in [9.17, 15) is 9.59 Å². The summed E-state index contributed by atoms with van der Waals surface area (Å²) in [4.78, 5) is 23.4. The Morgan fingerprint density at radius 3 is 2.71 bits per heavy atom. The zero-order valence-corrected chi connectivity index (χ0v) is 13.4. The lowest BCUT2D eigenvalue weighted by molar-refractivity contribution is -0.134. The molecule has 2 amide bonds. The van der Waals surface area contributed by atoms with Crippen LogP contribution in [-0.4, -0.2) is 11.8 Å². The molecule has 1 atom stereocenters. The van der Waals surface area contributed by atoms with Crippen molar-refractivity contribution in [2.75, 3.05) is 5.73 Å². The number of nitriles is 1. The van der Waals surface area contributed by atoms with Gasteiger partial charge < -0.3 is 5.73 Å². The molecule has 0 spiro atoms. The molecule has 0 radical (unpaired) electrons. The molecule has 0 saturated carbocycles. The van der Waals surface area contributed by atoms with Gasteiger partial charge in [-0.1, -0.05) is 35.9 Å². The Morgan fingerprint density at radius 1 is 1.25 bits per heavy atom. The second kappa shape index (κ2) is 6.34. The van der Waals surface area contributed by atoms with Gasteiger partial charge in [0, 0.05) is 12.0 Å². The van der Waals surface area contributed by atoms with Crippen molar-refractivity contribution in [2.45, 2.75) is 18.8 Å². The molecular formula is C18H14ClN3O2. The number of benzene rings is 2. The van der Waals surface area contributed by atoms with E-state index in [1.165, 1.54) is 0 Å². The highest BCUT2D eigenvalue weighted by Gasteiger charge is 2.30. The maximum Gasteiger partial charge on any atom is 0.234 e. The molecule has 0 bridgehead atoms. The van der Waals surface area contributed by atoms with Crippen molar-refractivity contribution in [3.63, 3.8) is 0 Å². The summed E-state index contributed by atoms with van der Waals surface area (Å²) >= 11 is 6.53. The van der Waals surface area contributed by atoms with Crippen molar-refractivity contribution >= 4 is 29.1 Å². The number of amides is 2. The third kappa shape index (κ3) is 2.84. The first-order chi connectivity index (χ1) is 11.5.